The number of nitrogens with two attached hydrogens (primary N) is 1. The van der Waals surface area contributed by atoms with Gasteiger partial charge in [0.25, 0.3) is 5.91 Å². The number of hydrogen-bond donors (Lipinski definition) is 2. The standard InChI is InChI=1S/C32H27F6N5O3/c1-31(2)13-25-28(26(44)14-31)29(32(36,37)38)42-43(25)15-27(45)41-23(17-8-18(33)11-19(34)9-17)12-24-20(4-3-7-40-24)16-5-6-22(35)21(10-16)30(39)46/h3-11,23H,12-15H2,1-2H3,(H2,39,46)(H,41,45). The molecular weight excluding hydrogens is 616 g/mol. The summed E-state index contributed by atoms with van der Waals surface area (Å²) in [4.78, 5) is 42.2. The Labute approximate surface area is 258 Å². The van der Waals surface area contributed by atoms with Crippen molar-refractivity contribution in [3.05, 3.63) is 106 Å². The fraction of sp³-hybridized carbons (Fsp3) is 0.281. The van der Waals surface area contributed by atoms with E-state index in [9.17, 15) is 40.7 Å². The molecule has 0 aliphatic heterocycles. The van der Waals surface area contributed by atoms with Crippen molar-refractivity contribution in [1.29, 1.82) is 0 Å². The Morgan fingerprint density at radius 3 is 2.39 bits per heavy atom. The zero-order valence-electron chi connectivity index (χ0n) is 24.5. The second-order valence-corrected chi connectivity index (χ2v) is 11.9. The molecular formula is C32H27F6N5O3. The first-order valence-corrected chi connectivity index (χ1v) is 14.0. The van der Waals surface area contributed by atoms with Crippen molar-refractivity contribution in [3.8, 4) is 11.1 Å². The Morgan fingerprint density at radius 1 is 1.04 bits per heavy atom. The van der Waals surface area contributed by atoms with Crippen molar-refractivity contribution < 1.29 is 40.7 Å². The molecule has 0 fully saturated rings. The molecule has 46 heavy (non-hydrogen) atoms. The van der Waals surface area contributed by atoms with Gasteiger partial charge in [0.15, 0.2) is 11.5 Å². The van der Waals surface area contributed by atoms with Crippen LogP contribution in [0.5, 0.6) is 0 Å². The number of alkyl halides is 3. The van der Waals surface area contributed by atoms with Gasteiger partial charge in [0.05, 0.1) is 28.6 Å². The first-order chi connectivity index (χ1) is 21.5. The molecule has 1 aliphatic rings. The van der Waals surface area contributed by atoms with Gasteiger partial charge in [0.1, 0.15) is 24.0 Å². The van der Waals surface area contributed by atoms with Crippen LogP contribution < -0.4 is 11.1 Å². The lowest BCUT2D eigenvalue weighted by molar-refractivity contribution is -0.142. The third kappa shape index (κ3) is 6.80. The predicted octanol–water partition coefficient (Wildman–Crippen LogP) is 5.74. The number of nitrogens with zero attached hydrogens (tertiary/aromatic N) is 3. The van der Waals surface area contributed by atoms with E-state index in [4.69, 9.17) is 5.73 Å². The number of benzene rings is 2. The molecule has 0 saturated heterocycles. The molecule has 240 valence electrons. The fourth-order valence-corrected chi connectivity index (χ4v) is 5.68. The van der Waals surface area contributed by atoms with Crippen LogP contribution in [-0.4, -0.2) is 32.4 Å². The quantitative estimate of drug-likeness (QED) is 0.238. The van der Waals surface area contributed by atoms with Crippen molar-refractivity contribution in [2.24, 2.45) is 11.1 Å². The first kappa shape index (κ1) is 32.4. The van der Waals surface area contributed by atoms with Crippen molar-refractivity contribution in [2.75, 3.05) is 0 Å². The van der Waals surface area contributed by atoms with E-state index in [1.54, 1.807) is 26.0 Å². The molecule has 2 amide bonds. The summed E-state index contributed by atoms with van der Waals surface area (Å²) in [5, 5.41) is 6.22. The number of hydrogen-bond acceptors (Lipinski definition) is 5. The summed E-state index contributed by atoms with van der Waals surface area (Å²) in [5.74, 6) is -5.35. The van der Waals surface area contributed by atoms with Crippen LogP contribution in [0.2, 0.25) is 0 Å². The highest BCUT2D eigenvalue weighted by Crippen LogP contribution is 2.41. The second kappa shape index (κ2) is 12.1. The van der Waals surface area contributed by atoms with Crippen molar-refractivity contribution in [3.63, 3.8) is 0 Å². The zero-order chi connectivity index (χ0) is 33.6. The highest BCUT2D eigenvalue weighted by atomic mass is 19.4. The number of ketones is 1. The lowest BCUT2D eigenvalue weighted by Crippen LogP contribution is -2.35. The van der Waals surface area contributed by atoms with Gasteiger partial charge in [-0.3, -0.25) is 24.0 Å². The number of amides is 2. The van der Waals surface area contributed by atoms with Gasteiger partial charge < -0.3 is 11.1 Å². The summed E-state index contributed by atoms with van der Waals surface area (Å²) in [6, 6.07) is 8.22. The van der Waals surface area contributed by atoms with Gasteiger partial charge in [-0.2, -0.15) is 18.3 Å². The lowest BCUT2D eigenvalue weighted by Gasteiger charge is -2.29. The number of rotatable bonds is 8. The SMILES string of the molecule is CC1(C)CC(=O)c2c(C(F)(F)F)nn(CC(=O)NC(Cc3ncccc3-c3ccc(F)c(C(N)=O)c3)c3cc(F)cc(F)c3)c2C1. The Morgan fingerprint density at radius 2 is 1.74 bits per heavy atom. The zero-order valence-corrected chi connectivity index (χ0v) is 24.5. The van der Waals surface area contributed by atoms with Crippen LogP contribution >= 0.6 is 0 Å². The average molecular weight is 644 g/mol. The number of nitrogens with one attached hydrogen (secondary N) is 1. The maximum atomic E-state index is 14.3. The number of carbonyl (C=O) groups excluding carboxylic acids is 3. The Balaban J connectivity index is 1.51. The third-order valence-electron chi connectivity index (χ3n) is 7.64. The van der Waals surface area contributed by atoms with Gasteiger partial charge in [-0.15, -0.1) is 0 Å². The van der Waals surface area contributed by atoms with Crippen LogP contribution in [-0.2, 0) is 30.4 Å². The van der Waals surface area contributed by atoms with Crippen LogP contribution in [0.25, 0.3) is 11.1 Å². The highest BCUT2D eigenvalue weighted by Gasteiger charge is 2.45. The summed E-state index contributed by atoms with van der Waals surface area (Å²) in [5.41, 5.74) is 3.20. The van der Waals surface area contributed by atoms with E-state index < -0.39 is 70.5 Å². The number of aromatic nitrogens is 3. The fourth-order valence-electron chi connectivity index (χ4n) is 5.68. The molecule has 0 spiro atoms. The Bertz CT molecular complexity index is 1850. The van der Waals surface area contributed by atoms with Crippen LogP contribution in [0, 0.1) is 22.9 Å². The lowest BCUT2D eigenvalue weighted by atomic mass is 9.75. The van der Waals surface area contributed by atoms with Gasteiger partial charge in [0, 0.05) is 30.7 Å². The molecule has 5 rings (SSSR count). The molecule has 1 atom stereocenters. The average Bonchev–Trinajstić information content (AvgIpc) is 3.30. The summed E-state index contributed by atoms with van der Waals surface area (Å²) in [6.07, 6.45) is -3.81. The normalized spacial score (nSPS) is 14.9. The molecule has 0 radical (unpaired) electrons. The van der Waals surface area contributed by atoms with Gasteiger partial charge in [-0.05, 0) is 53.3 Å². The van der Waals surface area contributed by atoms with E-state index in [-0.39, 0.29) is 41.8 Å². The van der Waals surface area contributed by atoms with Crippen LogP contribution in [0.15, 0.2) is 54.7 Å². The number of carbonyl (C=O) groups is 3. The smallest absolute Gasteiger partial charge is 0.366 e. The number of halogens is 6. The van der Waals surface area contributed by atoms with Crippen LogP contribution in [0.3, 0.4) is 0 Å². The molecule has 2 aromatic heterocycles. The molecule has 1 aliphatic carbocycles. The number of Topliss-reactive ketones (excluding diaryl/α,β-unsaturated/α-hetero) is 1. The van der Waals surface area contributed by atoms with E-state index in [0.29, 0.717) is 17.2 Å². The summed E-state index contributed by atoms with van der Waals surface area (Å²) < 4.78 is 85.2. The highest BCUT2D eigenvalue weighted by molar-refractivity contribution is 6.00. The van der Waals surface area contributed by atoms with E-state index >= 15 is 0 Å². The van der Waals surface area contributed by atoms with Crippen LogP contribution in [0.1, 0.15) is 69.7 Å². The molecule has 4 aromatic rings. The molecule has 8 nitrogen and oxygen atoms in total. The molecule has 0 saturated carbocycles. The number of fused-ring (bicyclic) bond motifs is 1. The second-order valence-electron chi connectivity index (χ2n) is 11.9. The maximum Gasteiger partial charge on any atom is 0.435 e. The van der Waals surface area contributed by atoms with Crippen LogP contribution in [0.4, 0.5) is 26.3 Å². The van der Waals surface area contributed by atoms with E-state index in [0.717, 1.165) is 22.9 Å². The van der Waals surface area contributed by atoms with Gasteiger partial charge in [-0.1, -0.05) is 26.0 Å². The Kier molecular flexibility index (Phi) is 8.49. The Hall–Kier alpha value is -5.01. The minimum atomic E-state index is -4.95. The molecule has 2 heterocycles. The number of pyridine rings is 1. The van der Waals surface area contributed by atoms with Crippen molar-refractivity contribution in [2.45, 2.75) is 51.9 Å². The van der Waals surface area contributed by atoms with Gasteiger partial charge in [-0.25, -0.2) is 13.2 Å². The predicted molar refractivity (Wildman–Crippen MR) is 153 cm³/mol. The molecule has 2 aromatic carbocycles. The monoisotopic (exact) mass is 643 g/mol. The van der Waals surface area contributed by atoms with Crippen molar-refractivity contribution in [1.82, 2.24) is 20.1 Å². The summed E-state index contributed by atoms with van der Waals surface area (Å²) >= 11 is 0. The minimum Gasteiger partial charge on any atom is -0.366 e. The van der Waals surface area contributed by atoms with Gasteiger partial charge in [0.2, 0.25) is 5.91 Å². The topological polar surface area (TPSA) is 120 Å². The molecule has 3 N–H and O–H groups in total. The largest absolute Gasteiger partial charge is 0.435 e. The number of primary amides is 1. The summed E-state index contributed by atoms with van der Waals surface area (Å²) in [7, 11) is 0. The first-order valence-electron chi connectivity index (χ1n) is 14.0. The van der Waals surface area contributed by atoms with Crippen molar-refractivity contribution >= 4 is 17.6 Å². The minimum absolute atomic E-state index is 0.0193. The van der Waals surface area contributed by atoms with E-state index in [1.807, 2.05) is 0 Å². The summed E-state index contributed by atoms with van der Waals surface area (Å²) in [6.45, 7) is 2.70. The molecule has 0 bridgehead atoms. The van der Waals surface area contributed by atoms with E-state index in [2.05, 4.69) is 15.4 Å². The third-order valence-corrected chi connectivity index (χ3v) is 7.64. The van der Waals surface area contributed by atoms with Gasteiger partial charge >= 0.3 is 6.18 Å². The van der Waals surface area contributed by atoms with E-state index in [1.165, 1.54) is 18.3 Å². The maximum absolute atomic E-state index is 14.3. The molecule has 1 unspecified atom stereocenters. The molecule has 14 heteroatoms.